The standard InChI is InChI=1S/C10H13Cl2NO3S/c1-7-5-10(9(12)6-8(7)11)17(14,15)13-3-4-16-2/h5-6,13H,3-4H2,1-2H3. The van der Waals surface area contributed by atoms with Crippen LogP contribution in [0.3, 0.4) is 0 Å². The van der Waals surface area contributed by atoms with Crippen LogP contribution in [-0.4, -0.2) is 28.7 Å². The molecule has 0 aliphatic heterocycles. The Balaban J connectivity index is 3.03. The van der Waals surface area contributed by atoms with Gasteiger partial charge in [-0.15, -0.1) is 0 Å². The molecule has 0 heterocycles. The largest absolute Gasteiger partial charge is 0.383 e. The third-order valence-corrected chi connectivity index (χ3v) is 4.43. The van der Waals surface area contributed by atoms with Gasteiger partial charge in [-0.3, -0.25) is 0 Å². The normalized spacial score (nSPS) is 11.8. The molecule has 0 saturated carbocycles. The molecule has 1 rings (SSSR count). The topological polar surface area (TPSA) is 55.4 Å². The zero-order valence-corrected chi connectivity index (χ0v) is 11.8. The van der Waals surface area contributed by atoms with Crippen LogP contribution >= 0.6 is 23.2 Å². The van der Waals surface area contributed by atoms with Gasteiger partial charge in [0.2, 0.25) is 10.0 Å². The van der Waals surface area contributed by atoms with E-state index in [4.69, 9.17) is 27.9 Å². The molecule has 0 radical (unpaired) electrons. The van der Waals surface area contributed by atoms with Crippen LogP contribution in [0.1, 0.15) is 5.56 Å². The lowest BCUT2D eigenvalue weighted by Gasteiger charge is -2.09. The first-order valence-corrected chi connectivity index (χ1v) is 7.06. The fourth-order valence-electron chi connectivity index (χ4n) is 1.19. The summed E-state index contributed by atoms with van der Waals surface area (Å²) >= 11 is 11.7. The Morgan fingerprint density at radius 1 is 1.29 bits per heavy atom. The molecular weight excluding hydrogens is 285 g/mol. The van der Waals surface area contributed by atoms with Gasteiger partial charge in [0, 0.05) is 18.7 Å². The Morgan fingerprint density at radius 3 is 2.53 bits per heavy atom. The Labute approximate surface area is 111 Å². The number of ether oxygens (including phenoxy) is 1. The minimum atomic E-state index is -3.62. The lowest BCUT2D eigenvalue weighted by Crippen LogP contribution is -2.27. The van der Waals surface area contributed by atoms with Crippen molar-refractivity contribution < 1.29 is 13.2 Å². The number of nitrogens with one attached hydrogen (secondary N) is 1. The Morgan fingerprint density at radius 2 is 1.94 bits per heavy atom. The fourth-order valence-corrected chi connectivity index (χ4v) is 3.04. The first-order valence-electron chi connectivity index (χ1n) is 4.82. The highest BCUT2D eigenvalue weighted by Gasteiger charge is 2.18. The second-order valence-electron chi connectivity index (χ2n) is 3.42. The van der Waals surface area contributed by atoms with E-state index in [2.05, 4.69) is 4.72 Å². The van der Waals surface area contributed by atoms with E-state index in [1.165, 1.54) is 19.2 Å². The molecule has 0 aliphatic rings. The molecule has 0 amide bonds. The quantitative estimate of drug-likeness (QED) is 0.848. The van der Waals surface area contributed by atoms with Crippen LogP contribution in [0, 0.1) is 6.92 Å². The first kappa shape index (κ1) is 14.7. The maximum atomic E-state index is 11.9. The molecule has 1 aromatic rings. The number of halogens is 2. The van der Waals surface area contributed by atoms with Crippen molar-refractivity contribution in [2.24, 2.45) is 0 Å². The van der Waals surface area contributed by atoms with Crippen LogP contribution in [0.25, 0.3) is 0 Å². The summed E-state index contributed by atoms with van der Waals surface area (Å²) < 4.78 is 30.9. The molecular formula is C10H13Cl2NO3S. The van der Waals surface area contributed by atoms with Gasteiger partial charge in [-0.2, -0.15) is 0 Å². The summed E-state index contributed by atoms with van der Waals surface area (Å²) in [5.41, 5.74) is 0.656. The van der Waals surface area contributed by atoms with E-state index in [1.807, 2.05) is 0 Å². The molecule has 7 heteroatoms. The van der Waals surface area contributed by atoms with Crippen molar-refractivity contribution in [1.29, 1.82) is 0 Å². The monoisotopic (exact) mass is 297 g/mol. The number of methoxy groups -OCH3 is 1. The summed E-state index contributed by atoms with van der Waals surface area (Å²) in [6, 6.07) is 2.86. The molecule has 0 unspecified atom stereocenters. The molecule has 0 aromatic heterocycles. The third kappa shape index (κ3) is 3.82. The van der Waals surface area contributed by atoms with Crippen molar-refractivity contribution in [2.75, 3.05) is 20.3 Å². The van der Waals surface area contributed by atoms with Crippen molar-refractivity contribution in [3.8, 4) is 0 Å². The van der Waals surface area contributed by atoms with Crippen molar-refractivity contribution in [3.05, 3.63) is 27.7 Å². The lowest BCUT2D eigenvalue weighted by atomic mass is 10.2. The molecule has 0 atom stereocenters. The molecule has 1 N–H and O–H groups in total. The highest BCUT2D eigenvalue weighted by atomic mass is 35.5. The number of sulfonamides is 1. The predicted octanol–water partition coefficient (Wildman–Crippen LogP) is 2.23. The second-order valence-corrected chi connectivity index (χ2v) is 5.97. The van der Waals surface area contributed by atoms with Crippen LogP contribution in [0.2, 0.25) is 10.0 Å². The van der Waals surface area contributed by atoms with E-state index in [9.17, 15) is 8.42 Å². The molecule has 0 bridgehead atoms. The molecule has 96 valence electrons. The van der Waals surface area contributed by atoms with E-state index in [0.29, 0.717) is 17.2 Å². The smallest absolute Gasteiger partial charge is 0.242 e. The highest BCUT2D eigenvalue weighted by molar-refractivity contribution is 7.89. The average Bonchev–Trinajstić information content (AvgIpc) is 2.23. The summed E-state index contributed by atoms with van der Waals surface area (Å²) in [4.78, 5) is 0.0252. The van der Waals surface area contributed by atoms with Crippen LogP contribution in [-0.2, 0) is 14.8 Å². The second kappa shape index (κ2) is 6.02. The summed E-state index contributed by atoms with van der Waals surface area (Å²) in [5.74, 6) is 0. The van der Waals surface area contributed by atoms with E-state index < -0.39 is 10.0 Å². The number of benzene rings is 1. The van der Waals surface area contributed by atoms with Gasteiger partial charge in [0.05, 0.1) is 11.6 Å². The van der Waals surface area contributed by atoms with Gasteiger partial charge in [0.25, 0.3) is 0 Å². The minimum Gasteiger partial charge on any atom is -0.383 e. The van der Waals surface area contributed by atoms with E-state index >= 15 is 0 Å². The third-order valence-electron chi connectivity index (χ3n) is 2.10. The van der Waals surface area contributed by atoms with Gasteiger partial charge >= 0.3 is 0 Å². The molecule has 17 heavy (non-hydrogen) atoms. The van der Waals surface area contributed by atoms with Crippen LogP contribution < -0.4 is 4.72 Å². The van der Waals surface area contributed by atoms with Gasteiger partial charge in [-0.25, -0.2) is 13.1 Å². The van der Waals surface area contributed by atoms with E-state index in [1.54, 1.807) is 6.92 Å². The fraction of sp³-hybridized carbons (Fsp3) is 0.400. The molecule has 0 aliphatic carbocycles. The Kier molecular flexibility index (Phi) is 5.22. The molecule has 0 saturated heterocycles. The van der Waals surface area contributed by atoms with Crippen molar-refractivity contribution in [3.63, 3.8) is 0 Å². The van der Waals surface area contributed by atoms with Crippen LogP contribution in [0.4, 0.5) is 0 Å². The zero-order valence-electron chi connectivity index (χ0n) is 9.46. The molecule has 0 fully saturated rings. The number of hydrogen-bond acceptors (Lipinski definition) is 3. The number of hydrogen-bond donors (Lipinski definition) is 1. The predicted molar refractivity (Wildman–Crippen MR) is 68.3 cm³/mol. The van der Waals surface area contributed by atoms with Gasteiger partial charge in [-0.05, 0) is 24.6 Å². The van der Waals surface area contributed by atoms with E-state index in [0.717, 1.165) is 0 Å². The van der Waals surface area contributed by atoms with Crippen molar-refractivity contribution >= 4 is 33.2 Å². The van der Waals surface area contributed by atoms with E-state index in [-0.39, 0.29) is 16.5 Å². The van der Waals surface area contributed by atoms with Gasteiger partial charge in [-0.1, -0.05) is 23.2 Å². The maximum Gasteiger partial charge on any atom is 0.242 e. The number of aryl methyl sites for hydroxylation is 1. The Hall–Kier alpha value is -0.330. The zero-order chi connectivity index (χ0) is 13.1. The van der Waals surface area contributed by atoms with Crippen molar-refractivity contribution in [2.45, 2.75) is 11.8 Å². The van der Waals surface area contributed by atoms with Gasteiger partial charge in [0.1, 0.15) is 4.90 Å². The minimum absolute atomic E-state index is 0.0252. The lowest BCUT2D eigenvalue weighted by molar-refractivity contribution is 0.204. The number of rotatable bonds is 5. The molecule has 4 nitrogen and oxygen atoms in total. The van der Waals surface area contributed by atoms with Crippen molar-refractivity contribution in [1.82, 2.24) is 4.72 Å². The van der Waals surface area contributed by atoms with Crippen LogP contribution in [0.5, 0.6) is 0 Å². The summed E-state index contributed by atoms with van der Waals surface area (Å²) in [5, 5.41) is 0.538. The van der Waals surface area contributed by atoms with Crippen LogP contribution in [0.15, 0.2) is 17.0 Å². The average molecular weight is 298 g/mol. The Bertz CT molecular complexity index is 503. The molecule has 1 aromatic carbocycles. The maximum absolute atomic E-state index is 11.9. The summed E-state index contributed by atoms with van der Waals surface area (Å²) in [6.07, 6.45) is 0. The molecule has 0 spiro atoms. The highest BCUT2D eigenvalue weighted by Crippen LogP contribution is 2.27. The van der Waals surface area contributed by atoms with Gasteiger partial charge < -0.3 is 4.74 Å². The SMILES string of the molecule is COCCNS(=O)(=O)c1cc(C)c(Cl)cc1Cl. The summed E-state index contributed by atoms with van der Waals surface area (Å²) in [6.45, 7) is 2.20. The summed E-state index contributed by atoms with van der Waals surface area (Å²) in [7, 11) is -2.13. The first-order chi connectivity index (χ1) is 7.88. The van der Waals surface area contributed by atoms with Gasteiger partial charge in [0.15, 0.2) is 0 Å².